The molecule has 6 heteroatoms. The third-order valence-electron chi connectivity index (χ3n) is 2.92. The molecule has 0 saturated carbocycles. The quantitative estimate of drug-likeness (QED) is 0.787. The maximum absolute atomic E-state index is 11.8. The molecule has 0 unspecified atom stereocenters. The Balaban J connectivity index is 1.76. The second-order valence-electron chi connectivity index (χ2n) is 4.63. The van der Waals surface area contributed by atoms with E-state index in [1.807, 2.05) is 24.3 Å². The largest absolute Gasteiger partial charge is 0.352 e. The Bertz CT molecular complexity index is 607. The number of aromatic nitrogens is 2. The maximum Gasteiger partial charge on any atom is 0.251 e. The molecular weight excluding hydrogens is 268 g/mol. The molecule has 0 aliphatic carbocycles. The molecule has 0 saturated heterocycles. The summed E-state index contributed by atoms with van der Waals surface area (Å²) in [6.07, 6.45) is 3.12. The van der Waals surface area contributed by atoms with Gasteiger partial charge in [0, 0.05) is 19.0 Å². The molecule has 1 aromatic carbocycles. The van der Waals surface area contributed by atoms with Crippen LogP contribution >= 0.6 is 0 Å². The molecule has 0 aliphatic rings. The fourth-order valence-corrected chi connectivity index (χ4v) is 1.93. The summed E-state index contributed by atoms with van der Waals surface area (Å²) >= 11 is 0. The molecule has 6 nitrogen and oxygen atoms in total. The number of hydrogen-bond acceptors (Lipinski definition) is 3. The van der Waals surface area contributed by atoms with Gasteiger partial charge in [-0.15, -0.1) is 0 Å². The van der Waals surface area contributed by atoms with Crippen molar-refractivity contribution in [2.45, 2.75) is 19.8 Å². The zero-order chi connectivity index (χ0) is 15.1. The van der Waals surface area contributed by atoms with Crippen molar-refractivity contribution in [3.8, 4) is 0 Å². The van der Waals surface area contributed by atoms with Crippen molar-refractivity contribution in [3.05, 3.63) is 53.9 Å². The van der Waals surface area contributed by atoms with Crippen LogP contribution in [0.5, 0.6) is 0 Å². The van der Waals surface area contributed by atoms with Crippen LogP contribution in [0.2, 0.25) is 0 Å². The average molecular weight is 286 g/mol. The molecule has 2 aromatic rings. The number of nitrogens with zero attached hydrogens (tertiary/aromatic N) is 2. The predicted octanol–water partition coefficient (Wildman–Crippen LogP) is 1.34. The number of aryl methyl sites for hydroxylation is 1. The average Bonchev–Trinajstić information content (AvgIpc) is 2.91. The van der Waals surface area contributed by atoms with Gasteiger partial charge in [0.15, 0.2) is 0 Å². The fourth-order valence-electron chi connectivity index (χ4n) is 1.93. The van der Waals surface area contributed by atoms with Crippen molar-refractivity contribution in [3.63, 3.8) is 0 Å². The minimum Gasteiger partial charge on any atom is -0.352 e. The molecule has 1 heterocycles. The molecule has 2 N–H and O–H groups in total. The Labute approximate surface area is 123 Å². The SMILES string of the molecule is CC(=O)Nn1nccc1CCCNC(=O)c1ccccc1. The molecule has 110 valence electrons. The van der Waals surface area contributed by atoms with E-state index in [0.717, 1.165) is 18.5 Å². The highest BCUT2D eigenvalue weighted by Gasteiger charge is 2.05. The van der Waals surface area contributed by atoms with Crippen LogP contribution < -0.4 is 10.7 Å². The maximum atomic E-state index is 11.8. The van der Waals surface area contributed by atoms with Crippen LogP contribution in [-0.2, 0) is 11.2 Å². The molecule has 0 bridgehead atoms. The van der Waals surface area contributed by atoms with Gasteiger partial charge >= 0.3 is 0 Å². The van der Waals surface area contributed by atoms with Crippen molar-refractivity contribution in [2.24, 2.45) is 0 Å². The number of nitrogens with one attached hydrogen (secondary N) is 2. The van der Waals surface area contributed by atoms with Crippen LogP contribution in [0, 0.1) is 0 Å². The molecule has 1 aromatic heterocycles. The number of carbonyl (C=O) groups is 2. The van der Waals surface area contributed by atoms with E-state index < -0.39 is 0 Å². The van der Waals surface area contributed by atoms with Crippen LogP contribution in [-0.4, -0.2) is 28.2 Å². The van der Waals surface area contributed by atoms with Gasteiger partial charge in [-0.1, -0.05) is 18.2 Å². The van der Waals surface area contributed by atoms with Crippen molar-refractivity contribution in [1.82, 2.24) is 15.2 Å². The van der Waals surface area contributed by atoms with Gasteiger partial charge in [-0.3, -0.25) is 9.59 Å². The topological polar surface area (TPSA) is 76.0 Å². The summed E-state index contributed by atoms with van der Waals surface area (Å²) in [6, 6.07) is 10.9. The van der Waals surface area contributed by atoms with Crippen LogP contribution in [0.1, 0.15) is 29.4 Å². The lowest BCUT2D eigenvalue weighted by molar-refractivity contribution is -0.115. The van der Waals surface area contributed by atoms with E-state index in [0.29, 0.717) is 12.1 Å². The number of rotatable bonds is 6. The van der Waals surface area contributed by atoms with E-state index >= 15 is 0 Å². The Hall–Kier alpha value is -2.63. The zero-order valence-electron chi connectivity index (χ0n) is 11.9. The first-order valence-corrected chi connectivity index (χ1v) is 6.80. The molecular formula is C15H18N4O2. The van der Waals surface area contributed by atoms with Crippen molar-refractivity contribution < 1.29 is 9.59 Å². The van der Waals surface area contributed by atoms with Gasteiger partial charge in [-0.25, -0.2) is 5.43 Å². The standard InChI is InChI=1S/C15H18N4O2/c1-12(20)18-19-14(9-11-17-19)8-5-10-16-15(21)13-6-3-2-4-7-13/h2-4,6-7,9,11H,5,8,10H2,1H3,(H,16,21)(H,18,20). The summed E-state index contributed by atoms with van der Waals surface area (Å²) in [5, 5.41) is 6.88. The van der Waals surface area contributed by atoms with Gasteiger partial charge in [0.2, 0.25) is 5.91 Å². The third-order valence-corrected chi connectivity index (χ3v) is 2.92. The number of hydrogen-bond donors (Lipinski definition) is 2. The summed E-state index contributed by atoms with van der Waals surface area (Å²) in [4.78, 5) is 24.3. The van der Waals surface area contributed by atoms with Crippen LogP contribution in [0.4, 0.5) is 0 Å². The predicted molar refractivity (Wildman–Crippen MR) is 79.4 cm³/mol. The molecule has 0 spiro atoms. The second kappa shape index (κ2) is 7.23. The first-order chi connectivity index (χ1) is 10.2. The van der Waals surface area contributed by atoms with Crippen molar-refractivity contribution >= 4 is 11.8 Å². The summed E-state index contributed by atoms with van der Waals surface area (Å²) < 4.78 is 0. The van der Waals surface area contributed by atoms with Gasteiger partial charge in [0.05, 0.1) is 11.9 Å². The van der Waals surface area contributed by atoms with E-state index in [-0.39, 0.29) is 11.8 Å². The monoisotopic (exact) mass is 286 g/mol. The smallest absolute Gasteiger partial charge is 0.251 e. The normalized spacial score (nSPS) is 10.1. The first kappa shape index (κ1) is 14.8. The van der Waals surface area contributed by atoms with Crippen molar-refractivity contribution in [2.75, 3.05) is 12.0 Å². The minimum atomic E-state index is -0.169. The lowest BCUT2D eigenvalue weighted by atomic mass is 10.2. The second-order valence-corrected chi connectivity index (χ2v) is 4.63. The fraction of sp³-hybridized carbons (Fsp3) is 0.267. The summed E-state index contributed by atoms with van der Waals surface area (Å²) in [7, 11) is 0. The Morgan fingerprint density at radius 1 is 1.19 bits per heavy atom. The number of benzene rings is 1. The van der Waals surface area contributed by atoms with E-state index in [1.54, 1.807) is 18.3 Å². The van der Waals surface area contributed by atoms with E-state index in [4.69, 9.17) is 0 Å². The van der Waals surface area contributed by atoms with Crippen molar-refractivity contribution in [1.29, 1.82) is 0 Å². The van der Waals surface area contributed by atoms with E-state index in [1.165, 1.54) is 11.7 Å². The molecule has 0 radical (unpaired) electrons. The van der Waals surface area contributed by atoms with Gasteiger partial charge in [-0.05, 0) is 31.0 Å². The Morgan fingerprint density at radius 2 is 1.95 bits per heavy atom. The van der Waals surface area contributed by atoms with Crippen LogP contribution in [0.3, 0.4) is 0 Å². The summed E-state index contributed by atoms with van der Waals surface area (Å²) in [5.74, 6) is -0.247. The van der Waals surface area contributed by atoms with Gasteiger partial charge in [0.25, 0.3) is 5.91 Å². The lowest BCUT2D eigenvalue weighted by Gasteiger charge is -2.08. The highest BCUT2D eigenvalue weighted by Crippen LogP contribution is 2.02. The van der Waals surface area contributed by atoms with Crippen LogP contribution in [0.25, 0.3) is 0 Å². The van der Waals surface area contributed by atoms with Gasteiger partial charge in [0.1, 0.15) is 0 Å². The molecule has 0 fully saturated rings. The molecule has 2 amide bonds. The van der Waals surface area contributed by atoms with E-state index in [9.17, 15) is 9.59 Å². The first-order valence-electron chi connectivity index (χ1n) is 6.80. The zero-order valence-corrected chi connectivity index (χ0v) is 11.9. The van der Waals surface area contributed by atoms with E-state index in [2.05, 4.69) is 15.8 Å². The highest BCUT2D eigenvalue weighted by atomic mass is 16.2. The molecule has 0 atom stereocenters. The summed E-state index contributed by atoms with van der Waals surface area (Å²) in [6.45, 7) is 2.00. The van der Waals surface area contributed by atoms with Gasteiger partial charge < -0.3 is 5.32 Å². The minimum absolute atomic E-state index is 0.0778. The summed E-state index contributed by atoms with van der Waals surface area (Å²) in [5.41, 5.74) is 4.16. The highest BCUT2D eigenvalue weighted by molar-refractivity contribution is 5.94. The Morgan fingerprint density at radius 3 is 2.67 bits per heavy atom. The lowest BCUT2D eigenvalue weighted by Crippen LogP contribution is -2.26. The molecule has 2 rings (SSSR count). The number of amides is 2. The Kier molecular flexibility index (Phi) is 5.09. The number of carbonyl (C=O) groups excluding carboxylic acids is 2. The molecule has 0 aliphatic heterocycles. The third kappa shape index (κ3) is 4.45. The van der Waals surface area contributed by atoms with Crippen LogP contribution in [0.15, 0.2) is 42.6 Å². The van der Waals surface area contributed by atoms with Gasteiger partial charge in [-0.2, -0.15) is 9.89 Å². The molecule has 21 heavy (non-hydrogen) atoms.